The summed E-state index contributed by atoms with van der Waals surface area (Å²) in [6.45, 7) is 9.30. The van der Waals surface area contributed by atoms with Crippen molar-refractivity contribution in [3.8, 4) is 6.07 Å². The van der Waals surface area contributed by atoms with Crippen LogP contribution in [0.2, 0.25) is 0 Å². The Hall–Kier alpha value is -3.18. The van der Waals surface area contributed by atoms with Gasteiger partial charge >= 0.3 is 0 Å². The van der Waals surface area contributed by atoms with Crippen LogP contribution in [0, 0.1) is 31.1 Å². The van der Waals surface area contributed by atoms with E-state index in [1.54, 1.807) is 17.7 Å². The predicted octanol–water partition coefficient (Wildman–Crippen LogP) is 4.14. The first-order chi connectivity index (χ1) is 16.5. The lowest BCUT2D eigenvalue weighted by molar-refractivity contribution is -0.135. The van der Waals surface area contributed by atoms with Gasteiger partial charge in [0.25, 0.3) is 0 Å². The molecule has 0 unspecified atom stereocenters. The summed E-state index contributed by atoms with van der Waals surface area (Å²) in [6.07, 6.45) is 4.35. The monoisotopic (exact) mass is 474 g/mol. The number of hydrogen-bond donors (Lipinski definition) is 0. The summed E-state index contributed by atoms with van der Waals surface area (Å²) in [5, 5.41) is 10.2. The predicted molar refractivity (Wildman–Crippen MR) is 136 cm³/mol. The summed E-state index contributed by atoms with van der Waals surface area (Å²) in [4.78, 5) is 31.5. The second-order valence-corrected chi connectivity index (χ2v) is 10.4. The molecule has 7 nitrogen and oxygen atoms in total. The molecule has 4 heterocycles. The van der Waals surface area contributed by atoms with Crippen molar-refractivity contribution in [2.75, 3.05) is 49.1 Å². The Labute approximate surface area is 204 Å². The third kappa shape index (κ3) is 4.32. The van der Waals surface area contributed by atoms with Gasteiger partial charge < -0.3 is 14.7 Å². The van der Waals surface area contributed by atoms with E-state index in [1.807, 2.05) is 24.3 Å². The minimum Gasteiger partial charge on any atom is -0.370 e. The van der Waals surface area contributed by atoms with Crippen molar-refractivity contribution in [3.63, 3.8) is 0 Å². The SMILES string of the molecule is Cc1sc2ncnc(N3CCC(C(=O)N4CCCN(c5ccc(C#N)cc5)CC4)CC3)c2c1C. The zero-order chi connectivity index (χ0) is 23.7. The number of benzene rings is 1. The number of anilines is 2. The zero-order valence-electron chi connectivity index (χ0n) is 19.8. The van der Waals surface area contributed by atoms with E-state index in [1.165, 1.54) is 15.8 Å². The Balaban J connectivity index is 1.20. The average Bonchev–Trinajstić information content (AvgIpc) is 3.04. The Kier molecular flexibility index (Phi) is 6.38. The second-order valence-electron chi connectivity index (χ2n) is 9.25. The fourth-order valence-electron chi connectivity index (χ4n) is 5.14. The fourth-order valence-corrected chi connectivity index (χ4v) is 6.13. The highest BCUT2D eigenvalue weighted by atomic mass is 32.1. The lowest BCUT2D eigenvalue weighted by Gasteiger charge is -2.35. The van der Waals surface area contributed by atoms with Crippen LogP contribution in [0.25, 0.3) is 10.2 Å². The summed E-state index contributed by atoms with van der Waals surface area (Å²) < 4.78 is 0. The van der Waals surface area contributed by atoms with Crippen molar-refractivity contribution in [3.05, 3.63) is 46.6 Å². The fraction of sp³-hybridized carbons (Fsp3) is 0.462. The molecule has 1 aromatic carbocycles. The minimum atomic E-state index is 0.0837. The van der Waals surface area contributed by atoms with E-state index in [4.69, 9.17) is 5.26 Å². The molecular formula is C26H30N6OS. The van der Waals surface area contributed by atoms with Crippen LogP contribution >= 0.6 is 11.3 Å². The Bertz CT molecular complexity index is 1220. The number of rotatable bonds is 3. The molecule has 5 rings (SSSR count). The highest BCUT2D eigenvalue weighted by Gasteiger charge is 2.31. The summed E-state index contributed by atoms with van der Waals surface area (Å²) in [6, 6.07) is 9.91. The summed E-state index contributed by atoms with van der Waals surface area (Å²) in [5.41, 5.74) is 3.07. The van der Waals surface area contributed by atoms with Gasteiger partial charge in [0.1, 0.15) is 17.0 Å². The zero-order valence-corrected chi connectivity index (χ0v) is 20.6. The molecule has 176 valence electrons. The maximum Gasteiger partial charge on any atom is 0.225 e. The van der Waals surface area contributed by atoms with Crippen LogP contribution in [0.15, 0.2) is 30.6 Å². The molecule has 0 spiro atoms. The van der Waals surface area contributed by atoms with E-state index >= 15 is 0 Å². The molecule has 2 saturated heterocycles. The number of piperidine rings is 1. The molecule has 34 heavy (non-hydrogen) atoms. The molecule has 0 N–H and O–H groups in total. The third-order valence-electron chi connectivity index (χ3n) is 7.26. The standard InChI is InChI=1S/C26H30N6OS/c1-18-19(2)34-25-23(18)24(28-17-29-25)31-12-8-21(9-13-31)26(33)32-11-3-10-30(14-15-32)22-6-4-20(16-27)5-7-22/h4-7,17,21H,3,8-15H2,1-2H3. The van der Waals surface area contributed by atoms with E-state index in [2.05, 4.69) is 44.6 Å². The smallest absolute Gasteiger partial charge is 0.225 e. The normalized spacial score (nSPS) is 17.6. The molecular weight excluding hydrogens is 444 g/mol. The van der Waals surface area contributed by atoms with Crippen LogP contribution in [0.1, 0.15) is 35.3 Å². The van der Waals surface area contributed by atoms with Crippen LogP contribution < -0.4 is 9.80 Å². The second kappa shape index (κ2) is 9.59. The van der Waals surface area contributed by atoms with Gasteiger partial charge in [-0.3, -0.25) is 4.79 Å². The van der Waals surface area contributed by atoms with Crippen molar-refractivity contribution >= 4 is 39.0 Å². The molecule has 2 aromatic heterocycles. The molecule has 0 atom stereocenters. The molecule has 0 saturated carbocycles. The molecule has 8 heteroatoms. The molecule has 0 bridgehead atoms. The van der Waals surface area contributed by atoms with E-state index in [0.717, 1.165) is 74.9 Å². The molecule has 2 fully saturated rings. The number of nitrogens with zero attached hydrogens (tertiary/aromatic N) is 6. The van der Waals surface area contributed by atoms with Gasteiger partial charge in [-0.25, -0.2) is 9.97 Å². The maximum absolute atomic E-state index is 13.4. The van der Waals surface area contributed by atoms with Crippen LogP contribution in [0.4, 0.5) is 11.5 Å². The summed E-state index contributed by atoms with van der Waals surface area (Å²) in [7, 11) is 0. The van der Waals surface area contributed by atoms with Gasteiger partial charge in [-0.05, 0) is 62.9 Å². The summed E-state index contributed by atoms with van der Waals surface area (Å²) >= 11 is 1.73. The van der Waals surface area contributed by atoms with Crippen molar-refractivity contribution in [1.82, 2.24) is 14.9 Å². The number of thiophene rings is 1. The van der Waals surface area contributed by atoms with E-state index in [-0.39, 0.29) is 5.92 Å². The number of carbonyl (C=O) groups excluding carboxylic acids is 1. The minimum absolute atomic E-state index is 0.0837. The first-order valence-corrected chi connectivity index (χ1v) is 12.9. The van der Waals surface area contributed by atoms with Gasteiger partial charge in [0.2, 0.25) is 5.91 Å². The van der Waals surface area contributed by atoms with E-state index < -0.39 is 0 Å². The first kappa shape index (κ1) is 22.6. The number of aryl methyl sites for hydroxylation is 2. The Morgan fingerprint density at radius 3 is 2.50 bits per heavy atom. The Morgan fingerprint density at radius 1 is 1.00 bits per heavy atom. The Morgan fingerprint density at radius 2 is 1.76 bits per heavy atom. The number of amides is 1. The van der Waals surface area contributed by atoms with Crippen LogP contribution in [0.3, 0.4) is 0 Å². The van der Waals surface area contributed by atoms with Crippen LogP contribution in [-0.2, 0) is 4.79 Å². The lowest BCUT2D eigenvalue weighted by Crippen LogP contribution is -2.44. The van der Waals surface area contributed by atoms with Gasteiger partial charge in [-0.2, -0.15) is 5.26 Å². The molecule has 0 radical (unpaired) electrons. The van der Waals surface area contributed by atoms with E-state index in [9.17, 15) is 4.79 Å². The van der Waals surface area contributed by atoms with E-state index in [0.29, 0.717) is 11.5 Å². The third-order valence-corrected chi connectivity index (χ3v) is 8.37. The molecule has 2 aliphatic heterocycles. The molecule has 0 aliphatic carbocycles. The number of aromatic nitrogens is 2. The number of fused-ring (bicyclic) bond motifs is 1. The van der Waals surface area contributed by atoms with Crippen molar-refractivity contribution < 1.29 is 4.79 Å². The highest BCUT2D eigenvalue weighted by molar-refractivity contribution is 7.18. The number of hydrogen-bond acceptors (Lipinski definition) is 7. The van der Waals surface area contributed by atoms with Crippen LogP contribution in [0.5, 0.6) is 0 Å². The van der Waals surface area contributed by atoms with Gasteiger partial charge in [-0.15, -0.1) is 11.3 Å². The number of carbonyl (C=O) groups is 1. The van der Waals surface area contributed by atoms with Gasteiger partial charge in [0.15, 0.2) is 0 Å². The molecule has 2 aliphatic rings. The topological polar surface area (TPSA) is 76.4 Å². The largest absolute Gasteiger partial charge is 0.370 e. The maximum atomic E-state index is 13.4. The van der Waals surface area contributed by atoms with Crippen molar-refractivity contribution in [2.45, 2.75) is 33.1 Å². The highest BCUT2D eigenvalue weighted by Crippen LogP contribution is 2.35. The molecule has 3 aromatic rings. The van der Waals surface area contributed by atoms with Gasteiger partial charge in [0.05, 0.1) is 17.0 Å². The van der Waals surface area contributed by atoms with Crippen molar-refractivity contribution in [1.29, 1.82) is 5.26 Å². The van der Waals surface area contributed by atoms with Gasteiger partial charge in [0, 0.05) is 55.8 Å². The first-order valence-electron chi connectivity index (χ1n) is 12.0. The average molecular weight is 475 g/mol. The lowest BCUT2D eigenvalue weighted by atomic mass is 9.95. The number of nitriles is 1. The van der Waals surface area contributed by atoms with Crippen LogP contribution in [-0.4, -0.2) is 60.0 Å². The van der Waals surface area contributed by atoms with Gasteiger partial charge in [-0.1, -0.05) is 0 Å². The van der Waals surface area contributed by atoms with Crippen molar-refractivity contribution in [2.24, 2.45) is 5.92 Å². The molecule has 1 amide bonds. The quantitative estimate of drug-likeness (QED) is 0.568. The summed E-state index contributed by atoms with van der Waals surface area (Å²) in [5.74, 6) is 1.41.